The van der Waals surface area contributed by atoms with Crippen LogP contribution in [0, 0.1) is 5.82 Å². The van der Waals surface area contributed by atoms with Gasteiger partial charge in [0.15, 0.2) is 0 Å². The van der Waals surface area contributed by atoms with Gasteiger partial charge in [0.2, 0.25) is 0 Å². The predicted octanol–water partition coefficient (Wildman–Crippen LogP) is 1.97. The largest absolute Gasteiger partial charge is 0.382 e. The molecule has 0 aliphatic heterocycles. The maximum Gasteiger partial charge on any atom is 0.124 e. The van der Waals surface area contributed by atoms with E-state index in [-0.39, 0.29) is 5.82 Å². The molecule has 0 aliphatic carbocycles. The molecule has 0 radical (unpaired) electrons. The normalized spacial score (nSPS) is 10.7. The lowest BCUT2D eigenvalue weighted by atomic mass is 10.2. The van der Waals surface area contributed by atoms with E-state index in [9.17, 15) is 4.39 Å². The summed E-state index contributed by atoms with van der Waals surface area (Å²) >= 11 is 5.91. The first kappa shape index (κ1) is 13.4. The van der Waals surface area contributed by atoms with Crippen LogP contribution in [0.5, 0.6) is 0 Å². The van der Waals surface area contributed by atoms with E-state index in [1.54, 1.807) is 6.07 Å². The summed E-state index contributed by atoms with van der Waals surface area (Å²) in [7, 11) is 0. The smallest absolute Gasteiger partial charge is 0.124 e. The van der Waals surface area contributed by atoms with Crippen molar-refractivity contribution in [1.82, 2.24) is 0 Å². The Morgan fingerprint density at radius 2 is 2.25 bits per heavy atom. The van der Waals surface area contributed by atoms with Crippen LogP contribution in [0.4, 0.5) is 4.39 Å². The summed E-state index contributed by atoms with van der Waals surface area (Å²) in [6, 6.07) is 4.52. The maximum absolute atomic E-state index is 12.8. The molecule has 0 atom stereocenters. The first-order valence-corrected chi connectivity index (χ1v) is 5.95. The third-order valence-corrected chi connectivity index (χ3v) is 2.63. The van der Waals surface area contributed by atoms with Crippen LogP contribution in [0.25, 0.3) is 0 Å². The second kappa shape index (κ2) is 7.60. The van der Waals surface area contributed by atoms with E-state index in [0.717, 1.165) is 38.3 Å². The highest BCUT2D eigenvalue weighted by Crippen LogP contribution is 2.15. The number of halogens is 2. The zero-order valence-electron chi connectivity index (χ0n) is 9.51. The maximum atomic E-state index is 12.8. The minimum atomic E-state index is -0.287. The van der Waals surface area contributed by atoms with Crippen molar-refractivity contribution in [2.24, 2.45) is 0 Å². The molecule has 0 aromatic heterocycles. The molecule has 0 fully saturated rings. The van der Waals surface area contributed by atoms with Crippen LogP contribution >= 0.6 is 11.6 Å². The van der Waals surface area contributed by atoms with Gasteiger partial charge in [0.25, 0.3) is 0 Å². The minimum absolute atomic E-state index is 0.287. The second-order valence-corrected chi connectivity index (χ2v) is 3.97. The number of nitrogens with two attached hydrogens (primary N) is 1. The average Bonchev–Trinajstić information content (AvgIpc) is 2.26. The molecule has 0 saturated heterocycles. The lowest BCUT2D eigenvalue weighted by Gasteiger charge is -2.04. The van der Waals surface area contributed by atoms with Crippen molar-refractivity contribution in [1.29, 1.82) is 0 Å². The molecule has 16 heavy (non-hydrogen) atoms. The summed E-state index contributed by atoms with van der Waals surface area (Å²) in [5.74, 6) is -0.287. The van der Waals surface area contributed by atoms with Gasteiger partial charge in [-0.25, -0.2) is 4.39 Å². The van der Waals surface area contributed by atoms with Gasteiger partial charge in [0.05, 0.1) is 18.2 Å². The molecule has 2 N–H and O–H groups in total. The molecule has 0 bridgehead atoms. The fourth-order valence-electron chi connectivity index (χ4n) is 1.42. The number of ether oxygens (including phenoxy) is 1. The first-order valence-electron chi connectivity index (χ1n) is 5.57. The molecule has 1 rings (SSSR count). The lowest BCUT2D eigenvalue weighted by molar-refractivity contribution is -0.671. The average molecular weight is 247 g/mol. The van der Waals surface area contributed by atoms with E-state index in [1.165, 1.54) is 12.1 Å². The molecule has 1 aromatic rings. The quantitative estimate of drug-likeness (QED) is 0.732. The van der Waals surface area contributed by atoms with Gasteiger partial charge in [-0.05, 0) is 25.1 Å². The van der Waals surface area contributed by atoms with Crippen LogP contribution < -0.4 is 5.32 Å². The monoisotopic (exact) mass is 246 g/mol. The van der Waals surface area contributed by atoms with Crippen molar-refractivity contribution >= 4 is 11.6 Å². The Kier molecular flexibility index (Phi) is 6.38. The van der Waals surface area contributed by atoms with Crippen LogP contribution in [-0.4, -0.2) is 19.8 Å². The van der Waals surface area contributed by atoms with Crippen molar-refractivity contribution < 1.29 is 14.4 Å². The molecule has 2 nitrogen and oxygen atoms in total. The summed E-state index contributed by atoms with van der Waals surface area (Å²) in [4.78, 5) is 0. The molecule has 0 amide bonds. The number of rotatable bonds is 7. The van der Waals surface area contributed by atoms with Gasteiger partial charge in [-0.2, -0.15) is 0 Å². The minimum Gasteiger partial charge on any atom is -0.382 e. The van der Waals surface area contributed by atoms with Crippen LogP contribution in [0.15, 0.2) is 18.2 Å². The zero-order valence-corrected chi connectivity index (χ0v) is 10.3. The van der Waals surface area contributed by atoms with Crippen molar-refractivity contribution in [3.63, 3.8) is 0 Å². The summed E-state index contributed by atoms with van der Waals surface area (Å²) in [6.45, 7) is 5.33. The first-order chi connectivity index (χ1) is 7.74. The van der Waals surface area contributed by atoms with E-state index in [2.05, 4.69) is 5.32 Å². The van der Waals surface area contributed by atoms with Crippen LogP contribution in [0.2, 0.25) is 5.02 Å². The highest BCUT2D eigenvalue weighted by Gasteiger charge is 2.03. The number of quaternary nitrogens is 1. The molecular formula is C12H18ClFNO+. The van der Waals surface area contributed by atoms with Crippen molar-refractivity contribution in [3.8, 4) is 0 Å². The molecule has 0 saturated carbocycles. The Bertz CT molecular complexity index is 320. The molecule has 0 aliphatic rings. The van der Waals surface area contributed by atoms with E-state index in [4.69, 9.17) is 16.3 Å². The number of benzene rings is 1. The van der Waals surface area contributed by atoms with E-state index < -0.39 is 0 Å². The summed E-state index contributed by atoms with van der Waals surface area (Å²) in [6.07, 6.45) is 1.02. The van der Waals surface area contributed by atoms with Crippen LogP contribution in [-0.2, 0) is 11.3 Å². The summed E-state index contributed by atoms with van der Waals surface area (Å²) < 4.78 is 18.0. The van der Waals surface area contributed by atoms with Crippen molar-refractivity contribution in [3.05, 3.63) is 34.6 Å². The molecular weight excluding hydrogens is 229 g/mol. The zero-order chi connectivity index (χ0) is 11.8. The Hall–Kier alpha value is -0.640. The summed E-state index contributed by atoms with van der Waals surface area (Å²) in [5.41, 5.74) is 0.972. The van der Waals surface area contributed by atoms with Gasteiger partial charge in [-0.15, -0.1) is 0 Å². The molecule has 0 unspecified atom stereocenters. The van der Waals surface area contributed by atoms with Gasteiger partial charge >= 0.3 is 0 Å². The Morgan fingerprint density at radius 1 is 1.44 bits per heavy atom. The molecule has 0 heterocycles. The predicted molar refractivity (Wildman–Crippen MR) is 63.0 cm³/mol. The molecule has 4 heteroatoms. The second-order valence-electron chi connectivity index (χ2n) is 3.57. The summed E-state index contributed by atoms with van der Waals surface area (Å²) in [5, 5.41) is 2.65. The molecule has 0 spiro atoms. The van der Waals surface area contributed by atoms with E-state index >= 15 is 0 Å². The lowest BCUT2D eigenvalue weighted by Crippen LogP contribution is -2.82. The highest BCUT2D eigenvalue weighted by molar-refractivity contribution is 6.31. The third-order valence-electron chi connectivity index (χ3n) is 2.28. The van der Waals surface area contributed by atoms with E-state index in [0.29, 0.717) is 5.02 Å². The third kappa shape index (κ3) is 4.92. The number of hydrogen-bond acceptors (Lipinski definition) is 1. The Labute approximate surface area is 101 Å². The van der Waals surface area contributed by atoms with Crippen LogP contribution in [0.3, 0.4) is 0 Å². The van der Waals surface area contributed by atoms with E-state index in [1.807, 2.05) is 6.92 Å². The molecule has 90 valence electrons. The van der Waals surface area contributed by atoms with Gasteiger partial charge < -0.3 is 10.1 Å². The van der Waals surface area contributed by atoms with Gasteiger partial charge in [-0.3, -0.25) is 0 Å². The van der Waals surface area contributed by atoms with Gasteiger partial charge in [0.1, 0.15) is 12.4 Å². The van der Waals surface area contributed by atoms with Crippen LogP contribution in [0.1, 0.15) is 18.9 Å². The Balaban J connectivity index is 2.21. The fourth-order valence-corrected chi connectivity index (χ4v) is 1.66. The van der Waals surface area contributed by atoms with Gasteiger partial charge in [-0.1, -0.05) is 11.6 Å². The van der Waals surface area contributed by atoms with Gasteiger partial charge in [0, 0.05) is 18.6 Å². The highest BCUT2D eigenvalue weighted by atomic mass is 35.5. The van der Waals surface area contributed by atoms with Crippen molar-refractivity contribution in [2.75, 3.05) is 19.8 Å². The standard InChI is InChI=1S/C12H17ClFNO/c1-2-16-7-3-6-15-9-10-4-5-11(14)8-12(10)13/h4-5,8,15H,2-3,6-7,9H2,1H3/p+1. The Morgan fingerprint density at radius 3 is 2.94 bits per heavy atom. The van der Waals surface area contributed by atoms with Crippen molar-refractivity contribution in [2.45, 2.75) is 19.9 Å². The molecule has 1 aromatic carbocycles. The fraction of sp³-hybridized carbons (Fsp3) is 0.500. The number of hydrogen-bond donors (Lipinski definition) is 1. The SMILES string of the molecule is CCOCCC[NH2+]Cc1ccc(F)cc1Cl. The topological polar surface area (TPSA) is 25.8 Å².